The standard InChI is InChI=1S/C21H32N6O.HI/c1-2-22-21(23-12-8-16-26-14-6-3-4-10-20(26)28)24-13-11-18-17-27-15-7-5-9-19(27)25-18;/h5,7,9,15,17H,2-4,6,8,10-14,16H2,1H3,(H2,22,23,24);1H. The lowest BCUT2D eigenvalue weighted by Crippen LogP contribution is -2.38. The molecule has 2 N–H and O–H groups in total. The minimum absolute atomic E-state index is 0. The normalized spacial score (nSPS) is 15.1. The van der Waals surface area contributed by atoms with Crippen molar-refractivity contribution in [2.45, 2.75) is 45.4 Å². The molecule has 3 rings (SSSR count). The highest BCUT2D eigenvalue weighted by atomic mass is 127. The Morgan fingerprint density at radius 2 is 2.14 bits per heavy atom. The van der Waals surface area contributed by atoms with Crippen LogP contribution in [0.1, 0.15) is 44.7 Å². The number of hydrogen-bond acceptors (Lipinski definition) is 3. The maximum absolute atomic E-state index is 12.0. The summed E-state index contributed by atoms with van der Waals surface area (Å²) in [5.74, 6) is 1.13. The molecule has 29 heavy (non-hydrogen) atoms. The number of fused-ring (bicyclic) bond motifs is 1. The number of nitrogens with zero attached hydrogens (tertiary/aromatic N) is 4. The molecule has 0 unspecified atom stereocenters. The topological polar surface area (TPSA) is 74.0 Å². The molecule has 0 aliphatic carbocycles. The molecule has 2 aromatic rings. The fourth-order valence-corrected chi connectivity index (χ4v) is 3.49. The molecular formula is C21H33IN6O. The van der Waals surface area contributed by atoms with Crippen molar-refractivity contribution in [2.75, 3.05) is 32.7 Å². The van der Waals surface area contributed by atoms with Crippen LogP contribution in [0, 0.1) is 0 Å². The first-order chi connectivity index (χ1) is 13.8. The summed E-state index contributed by atoms with van der Waals surface area (Å²) >= 11 is 0. The largest absolute Gasteiger partial charge is 0.357 e. The van der Waals surface area contributed by atoms with Crippen molar-refractivity contribution >= 4 is 41.5 Å². The lowest BCUT2D eigenvalue weighted by Gasteiger charge is -2.20. The third-order valence-electron chi connectivity index (χ3n) is 4.96. The molecule has 2 aromatic heterocycles. The van der Waals surface area contributed by atoms with Gasteiger partial charge >= 0.3 is 0 Å². The van der Waals surface area contributed by atoms with E-state index in [4.69, 9.17) is 0 Å². The number of hydrogen-bond donors (Lipinski definition) is 2. The van der Waals surface area contributed by atoms with Crippen LogP contribution in [0.25, 0.3) is 5.65 Å². The van der Waals surface area contributed by atoms with Gasteiger partial charge in [-0.3, -0.25) is 9.79 Å². The number of carbonyl (C=O) groups excluding carboxylic acids is 1. The van der Waals surface area contributed by atoms with E-state index in [0.29, 0.717) is 18.9 Å². The van der Waals surface area contributed by atoms with Crippen LogP contribution < -0.4 is 10.6 Å². The van der Waals surface area contributed by atoms with Crippen molar-refractivity contribution < 1.29 is 4.79 Å². The van der Waals surface area contributed by atoms with Crippen LogP contribution in [0.2, 0.25) is 0 Å². The van der Waals surface area contributed by atoms with Gasteiger partial charge in [0, 0.05) is 58.0 Å². The molecule has 0 saturated carbocycles. The van der Waals surface area contributed by atoms with Gasteiger partial charge in [0.1, 0.15) is 5.65 Å². The SMILES string of the molecule is CCNC(=NCCCN1CCCCCC1=O)NCCc1cn2ccccc2n1.I. The van der Waals surface area contributed by atoms with E-state index >= 15 is 0 Å². The van der Waals surface area contributed by atoms with E-state index in [1.807, 2.05) is 33.7 Å². The number of amides is 1. The second kappa shape index (κ2) is 12.7. The minimum Gasteiger partial charge on any atom is -0.357 e. The van der Waals surface area contributed by atoms with E-state index in [2.05, 4.69) is 33.7 Å². The van der Waals surface area contributed by atoms with Crippen molar-refractivity contribution in [1.82, 2.24) is 24.9 Å². The molecule has 0 bridgehead atoms. The molecule has 0 aromatic carbocycles. The summed E-state index contributed by atoms with van der Waals surface area (Å²) < 4.78 is 2.04. The van der Waals surface area contributed by atoms with Gasteiger partial charge in [0.05, 0.1) is 5.69 Å². The Kier molecular flexibility index (Phi) is 10.2. The van der Waals surface area contributed by atoms with Gasteiger partial charge < -0.3 is 19.9 Å². The number of guanidine groups is 1. The van der Waals surface area contributed by atoms with Crippen molar-refractivity contribution in [1.29, 1.82) is 0 Å². The van der Waals surface area contributed by atoms with Gasteiger partial charge in [-0.25, -0.2) is 4.98 Å². The lowest BCUT2D eigenvalue weighted by molar-refractivity contribution is -0.130. The van der Waals surface area contributed by atoms with Gasteiger partial charge in [0.15, 0.2) is 5.96 Å². The monoisotopic (exact) mass is 512 g/mol. The highest BCUT2D eigenvalue weighted by Crippen LogP contribution is 2.11. The summed E-state index contributed by atoms with van der Waals surface area (Å²) in [5, 5.41) is 6.67. The summed E-state index contributed by atoms with van der Waals surface area (Å²) in [7, 11) is 0. The van der Waals surface area contributed by atoms with Crippen LogP contribution in [0.4, 0.5) is 0 Å². The van der Waals surface area contributed by atoms with Crippen LogP contribution in [-0.2, 0) is 11.2 Å². The van der Waals surface area contributed by atoms with Gasteiger partial charge in [0.25, 0.3) is 0 Å². The number of likely N-dealkylation sites (tertiary alicyclic amines) is 1. The summed E-state index contributed by atoms with van der Waals surface area (Å²) in [6, 6.07) is 6.02. The number of halogens is 1. The Labute approximate surface area is 190 Å². The summed E-state index contributed by atoms with van der Waals surface area (Å²) in [5.41, 5.74) is 2.04. The maximum Gasteiger partial charge on any atom is 0.222 e. The van der Waals surface area contributed by atoms with Gasteiger partial charge in [-0.15, -0.1) is 24.0 Å². The summed E-state index contributed by atoms with van der Waals surface area (Å²) in [4.78, 5) is 23.3. The molecule has 7 nitrogen and oxygen atoms in total. The zero-order valence-electron chi connectivity index (χ0n) is 17.3. The lowest BCUT2D eigenvalue weighted by atomic mass is 10.2. The second-order valence-electron chi connectivity index (χ2n) is 7.18. The quantitative estimate of drug-likeness (QED) is 0.247. The third-order valence-corrected chi connectivity index (χ3v) is 4.96. The molecule has 0 radical (unpaired) electrons. The fraction of sp³-hybridized carbons (Fsp3) is 0.571. The smallest absolute Gasteiger partial charge is 0.222 e. The molecule has 1 amide bonds. The van der Waals surface area contributed by atoms with Gasteiger partial charge in [0.2, 0.25) is 5.91 Å². The first-order valence-corrected chi connectivity index (χ1v) is 10.5. The highest BCUT2D eigenvalue weighted by molar-refractivity contribution is 14.0. The van der Waals surface area contributed by atoms with E-state index < -0.39 is 0 Å². The molecule has 3 heterocycles. The van der Waals surface area contributed by atoms with Crippen LogP contribution in [0.3, 0.4) is 0 Å². The minimum atomic E-state index is 0. The molecular weight excluding hydrogens is 479 g/mol. The average molecular weight is 512 g/mol. The van der Waals surface area contributed by atoms with E-state index in [9.17, 15) is 4.79 Å². The molecule has 0 atom stereocenters. The molecule has 8 heteroatoms. The fourth-order valence-electron chi connectivity index (χ4n) is 3.49. The average Bonchev–Trinajstić information content (AvgIpc) is 3.00. The Morgan fingerprint density at radius 1 is 1.24 bits per heavy atom. The number of aromatic nitrogens is 2. The number of pyridine rings is 1. The first kappa shape index (κ1) is 23.4. The van der Waals surface area contributed by atoms with E-state index in [1.54, 1.807) is 0 Å². The van der Waals surface area contributed by atoms with E-state index in [-0.39, 0.29) is 24.0 Å². The second-order valence-corrected chi connectivity index (χ2v) is 7.18. The van der Waals surface area contributed by atoms with Crippen LogP contribution in [-0.4, -0.2) is 58.9 Å². The van der Waals surface area contributed by atoms with Gasteiger partial charge in [-0.05, 0) is 38.3 Å². The molecule has 1 aliphatic rings. The summed E-state index contributed by atoms with van der Waals surface area (Å²) in [6.07, 6.45) is 9.86. The predicted octanol–water partition coefficient (Wildman–Crippen LogP) is 2.84. The first-order valence-electron chi connectivity index (χ1n) is 10.5. The zero-order chi connectivity index (χ0) is 19.6. The Hall–Kier alpha value is -1.84. The van der Waals surface area contributed by atoms with Crippen molar-refractivity contribution in [3.8, 4) is 0 Å². The predicted molar refractivity (Wildman–Crippen MR) is 128 cm³/mol. The molecule has 1 aliphatic heterocycles. The maximum atomic E-state index is 12.0. The molecule has 160 valence electrons. The Balaban J connectivity index is 0.00000300. The molecule has 1 saturated heterocycles. The Bertz CT molecular complexity index is 757. The number of nitrogens with one attached hydrogen (secondary N) is 2. The number of rotatable bonds is 8. The van der Waals surface area contributed by atoms with Crippen molar-refractivity contribution in [3.05, 3.63) is 36.3 Å². The van der Waals surface area contributed by atoms with Crippen LogP contribution in [0.5, 0.6) is 0 Å². The zero-order valence-corrected chi connectivity index (χ0v) is 19.6. The number of imidazole rings is 1. The third kappa shape index (κ3) is 7.49. The highest BCUT2D eigenvalue weighted by Gasteiger charge is 2.15. The number of carbonyl (C=O) groups is 1. The molecule has 1 fully saturated rings. The van der Waals surface area contributed by atoms with Gasteiger partial charge in [-0.1, -0.05) is 12.5 Å². The van der Waals surface area contributed by atoms with E-state index in [0.717, 1.165) is 69.2 Å². The Morgan fingerprint density at radius 3 is 2.97 bits per heavy atom. The van der Waals surface area contributed by atoms with Crippen LogP contribution >= 0.6 is 24.0 Å². The van der Waals surface area contributed by atoms with Crippen LogP contribution in [0.15, 0.2) is 35.6 Å². The summed E-state index contributed by atoms with van der Waals surface area (Å²) in [6.45, 7) is 6.09. The molecule has 0 spiro atoms. The van der Waals surface area contributed by atoms with Crippen molar-refractivity contribution in [2.24, 2.45) is 4.99 Å². The number of aliphatic imine (C=N–C) groups is 1. The van der Waals surface area contributed by atoms with Gasteiger partial charge in [-0.2, -0.15) is 0 Å². The van der Waals surface area contributed by atoms with E-state index in [1.165, 1.54) is 6.42 Å². The van der Waals surface area contributed by atoms with Crippen molar-refractivity contribution in [3.63, 3.8) is 0 Å².